The first kappa shape index (κ1) is 20.5. The largest absolute Gasteiger partial charge is 0.472 e. The van der Waals surface area contributed by atoms with E-state index in [4.69, 9.17) is 4.74 Å². The molecule has 0 saturated carbocycles. The molecule has 2 heterocycles. The van der Waals surface area contributed by atoms with Crippen molar-refractivity contribution in [3.05, 3.63) is 83.7 Å². The van der Waals surface area contributed by atoms with E-state index in [9.17, 15) is 18.3 Å². The molecule has 3 atom stereocenters. The fourth-order valence-corrected chi connectivity index (χ4v) is 4.01. The monoisotopic (exact) mass is 416 g/mol. The van der Waals surface area contributed by atoms with Crippen LogP contribution in [-0.2, 0) is 6.18 Å². The number of ether oxygens (including phenoxy) is 1. The molecule has 1 saturated heterocycles. The minimum absolute atomic E-state index is 0.0202. The van der Waals surface area contributed by atoms with Crippen LogP contribution in [0.2, 0.25) is 0 Å². The van der Waals surface area contributed by atoms with Crippen LogP contribution in [0.5, 0.6) is 5.88 Å². The van der Waals surface area contributed by atoms with E-state index in [0.717, 1.165) is 24.4 Å². The van der Waals surface area contributed by atoms with Gasteiger partial charge >= 0.3 is 6.18 Å². The summed E-state index contributed by atoms with van der Waals surface area (Å²) in [5.74, 6) is 0.484. The maximum absolute atomic E-state index is 12.7. The molecule has 0 radical (unpaired) electrons. The smallest absolute Gasteiger partial charge is 0.417 e. The van der Waals surface area contributed by atoms with Gasteiger partial charge in [-0.05, 0) is 24.1 Å². The number of halogens is 3. The number of benzene rings is 1. The summed E-state index contributed by atoms with van der Waals surface area (Å²) in [6, 6.07) is 12.4. The topological polar surface area (TPSA) is 45.6 Å². The lowest BCUT2D eigenvalue weighted by molar-refractivity contribution is -0.137. The van der Waals surface area contributed by atoms with Crippen LogP contribution >= 0.6 is 0 Å². The number of aliphatic hydroxyl groups excluding tert-OH is 1. The average molecular weight is 416 g/mol. The van der Waals surface area contributed by atoms with Gasteiger partial charge in [-0.3, -0.25) is 0 Å². The molecule has 7 heteroatoms. The Balaban J connectivity index is 1.40. The standard InChI is InChI=1S/C23H23F3N2O2/c24-23(25,26)18-8-11-22(27-13-18)30-21-12-20(15-29)28(14-21)19-9-6-17(7-10-19)16-4-2-1-3-5-16/h1-6,8-11,13,17,20-21,29H,7,12,14-15H2. The Morgan fingerprint density at radius 3 is 2.53 bits per heavy atom. The predicted octanol–water partition coefficient (Wildman–Crippen LogP) is 4.54. The third kappa shape index (κ3) is 4.51. The highest BCUT2D eigenvalue weighted by Crippen LogP contribution is 2.33. The Bertz CT molecular complexity index is 910. The SMILES string of the molecule is OCC1CC(Oc2ccc(C(F)(F)F)cn2)CN1C1=CCC(c2ccccc2)C=C1. The van der Waals surface area contributed by atoms with Gasteiger partial charge in [0.15, 0.2) is 0 Å². The van der Waals surface area contributed by atoms with Crippen molar-refractivity contribution in [2.75, 3.05) is 13.2 Å². The van der Waals surface area contributed by atoms with Crippen molar-refractivity contribution in [2.45, 2.75) is 37.1 Å². The summed E-state index contributed by atoms with van der Waals surface area (Å²) in [5, 5.41) is 9.82. The van der Waals surface area contributed by atoms with Crippen LogP contribution in [0, 0.1) is 0 Å². The Labute approximate surface area is 173 Å². The second-order valence-corrected chi connectivity index (χ2v) is 7.59. The van der Waals surface area contributed by atoms with Gasteiger partial charge in [0, 0.05) is 30.3 Å². The molecule has 1 aliphatic heterocycles. The summed E-state index contributed by atoms with van der Waals surface area (Å²) in [7, 11) is 0. The van der Waals surface area contributed by atoms with Crippen LogP contribution in [0.3, 0.4) is 0 Å². The molecule has 2 aliphatic rings. The fourth-order valence-electron chi connectivity index (χ4n) is 4.01. The van der Waals surface area contributed by atoms with E-state index >= 15 is 0 Å². The van der Waals surface area contributed by atoms with Crippen LogP contribution in [0.4, 0.5) is 13.2 Å². The Kier molecular flexibility index (Phi) is 5.81. The van der Waals surface area contributed by atoms with E-state index in [-0.39, 0.29) is 24.6 Å². The van der Waals surface area contributed by atoms with E-state index in [1.807, 2.05) is 18.2 Å². The van der Waals surface area contributed by atoms with Crippen LogP contribution in [0.25, 0.3) is 0 Å². The van der Waals surface area contributed by atoms with Crippen molar-refractivity contribution in [2.24, 2.45) is 0 Å². The molecular formula is C23H23F3N2O2. The molecule has 0 spiro atoms. The van der Waals surface area contributed by atoms with Crippen molar-refractivity contribution in [1.29, 1.82) is 0 Å². The summed E-state index contributed by atoms with van der Waals surface area (Å²) in [5.41, 5.74) is 1.49. The zero-order chi connectivity index (χ0) is 21.1. The van der Waals surface area contributed by atoms with E-state index in [1.54, 1.807) is 0 Å². The lowest BCUT2D eigenvalue weighted by Gasteiger charge is -2.28. The van der Waals surface area contributed by atoms with Crippen LogP contribution in [0.15, 0.2) is 72.6 Å². The van der Waals surface area contributed by atoms with Gasteiger partial charge in [-0.2, -0.15) is 13.2 Å². The molecule has 1 aromatic heterocycles. The highest BCUT2D eigenvalue weighted by atomic mass is 19.4. The van der Waals surface area contributed by atoms with Crippen molar-refractivity contribution in [3.8, 4) is 5.88 Å². The second kappa shape index (κ2) is 8.52. The van der Waals surface area contributed by atoms with Gasteiger partial charge in [0.1, 0.15) is 6.10 Å². The number of allylic oxidation sites excluding steroid dienone is 3. The fraction of sp³-hybridized carbons (Fsp3) is 0.348. The van der Waals surface area contributed by atoms with Crippen molar-refractivity contribution in [3.63, 3.8) is 0 Å². The van der Waals surface area contributed by atoms with Gasteiger partial charge in [-0.1, -0.05) is 42.5 Å². The summed E-state index contributed by atoms with van der Waals surface area (Å²) in [6.45, 7) is 0.522. The molecule has 1 aliphatic carbocycles. The third-order valence-corrected chi connectivity index (χ3v) is 5.58. The van der Waals surface area contributed by atoms with E-state index < -0.39 is 11.7 Å². The Hall–Kier alpha value is -2.80. The number of alkyl halides is 3. The van der Waals surface area contributed by atoms with Gasteiger partial charge in [0.25, 0.3) is 0 Å². The number of hydrogen-bond acceptors (Lipinski definition) is 4. The number of hydrogen-bond donors (Lipinski definition) is 1. The number of aliphatic hydroxyl groups is 1. The lowest BCUT2D eigenvalue weighted by Crippen LogP contribution is -2.32. The molecule has 158 valence electrons. The molecule has 4 nitrogen and oxygen atoms in total. The van der Waals surface area contributed by atoms with Crippen molar-refractivity contribution < 1.29 is 23.0 Å². The maximum Gasteiger partial charge on any atom is 0.417 e. The van der Waals surface area contributed by atoms with Gasteiger partial charge in [0.05, 0.1) is 24.8 Å². The van der Waals surface area contributed by atoms with Gasteiger partial charge in [-0.25, -0.2) is 4.98 Å². The summed E-state index contributed by atoms with van der Waals surface area (Å²) in [6.07, 6.45) is 3.96. The van der Waals surface area contributed by atoms with Gasteiger partial charge in [-0.15, -0.1) is 0 Å². The third-order valence-electron chi connectivity index (χ3n) is 5.58. The summed E-state index contributed by atoms with van der Waals surface area (Å²) < 4.78 is 43.9. The summed E-state index contributed by atoms with van der Waals surface area (Å²) >= 11 is 0. The molecule has 0 bridgehead atoms. The number of nitrogens with zero attached hydrogens (tertiary/aromatic N) is 2. The van der Waals surface area contributed by atoms with Gasteiger partial charge in [0.2, 0.25) is 5.88 Å². The second-order valence-electron chi connectivity index (χ2n) is 7.59. The summed E-state index contributed by atoms with van der Waals surface area (Å²) in [4.78, 5) is 5.89. The highest BCUT2D eigenvalue weighted by Gasteiger charge is 2.35. The minimum Gasteiger partial charge on any atom is -0.472 e. The van der Waals surface area contributed by atoms with Gasteiger partial charge < -0.3 is 14.7 Å². The first-order valence-corrected chi connectivity index (χ1v) is 9.95. The molecular weight excluding hydrogens is 393 g/mol. The van der Waals surface area contributed by atoms with Crippen LogP contribution in [-0.4, -0.2) is 40.3 Å². The number of aromatic nitrogens is 1. The van der Waals surface area contributed by atoms with E-state index in [2.05, 4.69) is 40.2 Å². The molecule has 2 aromatic rings. The molecule has 30 heavy (non-hydrogen) atoms. The number of pyridine rings is 1. The highest BCUT2D eigenvalue weighted by molar-refractivity contribution is 5.33. The molecule has 1 N–H and O–H groups in total. The van der Waals surface area contributed by atoms with Crippen LogP contribution < -0.4 is 4.74 Å². The number of likely N-dealkylation sites (tertiary alicyclic amines) is 1. The molecule has 4 rings (SSSR count). The Morgan fingerprint density at radius 2 is 1.93 bits per heavy atom. The lowest BCUT2D eigenvalue weighted by atomic mass is 9.91. The first-order valence-electron chi connectivity index (χ1n) is 9.95. The van der Waals surface area contributed by atoms with Crippen molar-refractivity contribution in [1.82, 2.24) is 9.88 Å². The zero-order valence-corrected chi connectivity index (χ0v) is 16.3. The van der Waals surface area contributed by atoms with E-state index in [0.29, 0.717) is 18.9 Å². The molecule has 3 unspecified atom stereocenters. The number of rotatable bonds is 5. The quantitative estimate of drug-likeness (QED) is 0.777. The Morgan fingerprint density at radius 1 is 1.13 bits per heavy atom. The molecule has 1 fully saturated rings. The minimum atomic E-state index is -4.42. The molecule has 0 amide bonds. The first-order chi connectivity index (χ1) is 14.4. The average Bonchev–Trinajstić information content (AvgIpc) is 3.17. The van der Waals surface area contributed by atoms with Crippen LogP contribution in [0.1, 0.15) is 29.9 Å². The predicted molar refractivity (Wildman–Crippen MR) is 107 cm³/mol. The molecule has 1 aromatic carbocycles. The zero-order valence-electron chi connectivity index (χ0n) is 16.3. The maximum atomic E-state index is 12.7. The van der Waals surface area contributed by atoms with Crippen molar-refractivity contribution >= 4 is 0 Å². The van der Waals surface area contributed by atoms with E-state index in [1.165, 1.54) is 11.6 Å². The normalized spacial score (nSPS) is 24.1.